The normalized spacial score (nSPS) is 16.2. The van der Waals surface area contributed by atoms with Gasteiger partial charge in [-0.05, 0) is 40.9 Å². The van der Waals surface area contributed by atoms with E-state index in [1.807, 2.05) is 12.1 Å². The van der Waals surface area contributed by atoms with Crippen LogP contribution in [0.4, 0.5) is 0 Å². The highest BCUT2D eigenvalue weighted by Gasteiger charge is 2.32. The number of thiazole rings is 1. The Hall–Kier alpha value is -1.60. The van der Waals surface area contributed by atoms with E-state index in [1.54, 1.807) is 0 Å². The molecule has 7 heteroatoms. The molecule has 1 aromatic heterocycles. The van der Waals surface area contributed by atoms with Gasteiger partial charge < -0.3 is 14.6 Å². The molecule has 0 atom stereocenters. The molecule has 5 nitrogen and oxygen atoms in total. The van der Waals surface area contributed by atoms with Crippen molar-refractivity contribution in [2.45, 2.75) is 18.8 Å². The number of hydrogen-bond donors (Lipinski definition) is 1. The van der Waals surface area contributed by atoms with Gasteiger partial charge in [0.05, 0.1) is 10.2 Å². The summed E-state index contributed by atoms with van der Waals surface area (Å²) in [5.74, 6) is 0.731. The second-order valence-electron chi connectivity index (χ2n) is 5.00. The number of carboxylic acids is 1. The molecule has 1 aliphatic heterocycles. The second kappa shape index (κ2) is 4.71. The summed E-state index contributed by atoms with van der Waals surface area (Å²) >= 11 is 4.66. The molecule has 0 saturated heterocycles. The molecule has 0 bridgehead atoms. The topological polar surface area (TPSA) is 68.7 Å². The summed E-state index contributed by atoms with van der Waals surface area (Å²) in [7, 11) is 0. The van der Waals surface area contributed by atoms with E-state index >= 15 is 0 Å². The van der Waals surface area contributed by atoms with Crippen LogP contribution in [-0.2, 0) is 0 Å². The molecule has 21 heavy (non-hydrogen) atoms. The van der Waals surface area contributed by atoms with Gasteiger partial charge in [-0.25, -0.2) is 9.78 Å². The van der Waals surface area contributed by atoms with Gasteiger partial charge in [-0.1, -0.05) is 0 Å². The first-order valence-electron chi connectivity index (χ1n) is 6.47. The Morgan fingerprint density at radius 2 is 2.19 bits per heavy atom. The van der Waals surface area contributed by atoms with Crippen LogP contribution in [0.3, 0.4) is 0 Å². The molecule has 1 saturated carbocycles. The van der Waals surface area contributed by atoms with Crippen LogP contribution in [0.1, 0.15) is 34.1 Å². The molecule has 1 N–H and O–H groups in total. The lowest BCUT2D eigenvalue weighted by Gasteiger charge is -2.02. The highest BCUT2D eigenvalue weighted by atomic mass is 79.9. The molecule has 108 valence electrons. The van der Waals surface area contributed by atoms with Crippen LogP contribution in [0.2, 0.25) is 0 Å². The molecule has 2 aliphatic rings. The number of carboxylic acid groups (broad SMARTS) is 1. The Morgan fingerprint density at radius 1 is 1.38 bits per heavy atom. The van der Waals surface area contributed by atoms with Crippen molar-refractivity contribution in [3.8, 4) is 22.1 Å². The summed E-state index contributed by atoms with van der Waals surface area (Å²) in [6, 6.07) is 3.73. The zero-order valence-electron chi connectivity index (χ0n) is 10.8. The molecular formula is C14H10BrNO4S. The molecule has 2 heterocycles. The molecule has 4 rings (SSSR count). The average Bonchev–Trinajstić information content (AvgIpc) is 3.02. The number of hydrogen-bond acceptors (Lipinski definition) is 5. The van der Waals surface area contributed by atoms with Crippen LogP contribution >= 0.6 is 27.3 Å². The van der Waals surface area contributed by atoms with E-state index in [4.69, 9.17) is 9.47 Å². The van der Waals surface area contributed by atoms with Crippen LogP contribution in [0.15, 0.2) is 16.6 Å². The van der Waals surface area contributed by atoms with E-state index in [9.17, 15) is 9.90 Å². The van der Waals surface area contributed by atoms with Crippen molar-refractivity contribution in [3.63, 3.8) is 0 Å². The number of fused-ring (bicyclic) bond motifs is 1. The molecule has 2 aromatic rings. The zero-order valence-corrected chi connectivity index (χ0v) is 13.2. The minimum absolute atomic E-state index is 0.197. The molecule has 1 aliphatic carbocycles. The highest BCUT2D eigenvalue weighted by Crippen LogP contribution is 2.46. The van der Waals surface area contributed by atoms with Crippen molar-refractivity contribution in [2.75, 3.05) is 6.79 Å². The van der Waals surface area contributed by atoms with Crippen molar-refractivity contribution in [3.05, 3.63) is 27.2 Å². The number of rotatable bonds is 3. The van der Waals surface area contributed by atoms with E-state index in [0.29, 0.717) is 27.3 Å². The third-order valence-electron chi connectivity index (χ3n) is 3.49. The lowest BCUT2D eigenvalue weighted by atomic mass is 10.2. The van der Waals surface area contributed by atoms with Gasteiger partial charge in [0.15, 0.2) is 11.5 Å². The van der Waals surface area contributed by atoms with Gasteiger partial charge in [0.25, 0.3) is 0 Å². The summed E-state index contributed by atoms with van der Waals surface area (Å²) in [6.45, 7) is 0.197. The Morgan fingerprint density at radius 3 is 2.90 bits per heavy atom. The quantitative estimate of drug-likeness (QED) is 0.891. The Labute approximate surface area is 132 Å². The third kappa shape index (κ3) is 2.20. The Balaban J connectivity index is 1.82. The van der Waals surface area contributed by atoms with Gasteiger partial charge in [0.1, 0.15) is 9.88 Å². The second-order valence-corrected chi connectivity index (χ2v) is 6.86. The minimum Gasteiger partial charge on any atom is -0.477 e. The standard InChI is InChI=1S/C14H10BrNO4S/c15-8-3-7(4-9-11(8)20-5-19-9)13-16-10(6-1-2-6)12(21-13)14(17)18/h3-4,6H,1-2,5H2,(H,17,18). The summed E-state index contributed by atoms with van der Waals surface area (Å²) < 4.78 is 11.5. The fourth-order valence-electron chi connectivity index (χ4n) is 2.33. The number of nitrogens with zero attached hydrogens (tertiary/aromatic N) is 1. The molecule has 1 aromatic carbocycles. The van der Waals surface area contributed by atoms with Crippen molar-refractivity contribution >= 4 is 33.2 Å². The molecular weight excluding hydrogens is 358 g/mol. The Kier molecular flexibility index (Phi) is 2.93. The van der Waals surface area contributed by atoms with Gasteiger partial charge in [0.2, 0.25) is 6.79 Å². The zero-order chi connectivity index (χ0) is 14.6. The number of benzene rings is 1. The first kappa shape index (κ1) is 13.1. The number of aromatic nitrogens is 1. The van der Waals surface area contributed by atoms with Gasteiger partial charge in [-0.15, -0.1) is 11.3 Å². The Bertz CT molecular complexity index is 754. The fourth-order valence-corrected chi connectivity index (χ4v) is 3.87. The van der Waals surface area contributed by atoms with Crippen LogP contribution in [0, 0.1) is 0 Å². The van der Waals surface area contributed by atoms with Gasteiger partial charge in [-0.2, -0.15) is 0 Å². The van der Waals surface area contributed by atoms with Crippen LogP contribution in [0.5, 0.6) is 11.5 Å². The van der Waals surface area contributed by atoms with Crippen LogP contribution < -0.4 is 9.47 Å². The first-order valence-corrected chi connectivity index (χ1v) is 8.08. The van der Waals surface area contributed by atoms with Crippen molar-refractivity contribution in [1.29, 1.82) is 0 Å². The lowest BCUT2D eigenvalue weighted by Crippen LogP contribution is -1.97. The predicted molar refractivity (Wildman–Crippen MR) is 80.3 cm³/mol. The lowest BCUT2D eigenvalue weighted by molar-refractivity contribution is 0.0700. The van der Waals surface area contributed by atoms with Crippen molar-refractivity contribution in [2.24, 2.45) is 0 Å². The van der Waals surface area contributed by atoms with Gasteiger partial charge in [0, 0.05) is 11.5 Å². The number of ether oxygens (including phenoxy) is 2. The largest absolute Gasteiger partial charge is 0.477 e. The molecule has 0 radical (unpaired) electrons. The summed E-state index contributed by atoms with van der Waals surface area (Å²) in [6.07, 6.45) is 2.04. The van der Waals surface area contributed by atoms with E-state index in [0.717, 1.165) is 28.6 Å². The molecule has 0 amide bonds. The maximum Gasteiger partial charge on any atom is 0.347 e. The summed E-state index contributed by atoms with van der Waals surface area (Å²) in [5.41, 5.74) is 1.56. The first-order chi connectivity index (χ1) is 10.1. The molecule has 0 unspecified atom stereocenters. The van der Waals surface area contributed by atoms with E-state index in [1.165, 1.54) is 11.3 Å². The minimum atomic E-state index is -0.902. The van der Waals surface area contributed by atoms with E-state index in [-0.39, 0.29) is 6.79 Å². The average molecular weight is 368 g/mol. The number of aromatic carboxylic acids is 1. The predicted octanol–water partition coefficient (Wildman–Crippen LogP) is 3.88. The number of carbonyl (C=O) groups is 1. The smallest absolute Gasteiger partial charge is 0.347 e. The SMILES string of the molecule is O=C(O)c1sc(-c2cc(Br)c3c(c2)OCO3)nc1C1CC1. The molecule has 1 fully saturated rings. The van der Waals surface area contributed by atoms with Gasteiger partial charge >= 0.3 is 5.97 Å². The van der Waals surface area contributed by atoms with Crippen molar-refractivity contribution in [1.82, 2.24) is 4.98 Å². The van der Waals surface area contributed by atoms with Crippen LogP contribution in [-0.4, -0.2) is 22.9 Å². The summed E-state index contributed by atoms with van der Waals surface area (Å²) in [5, 5.41) is 10.0. The van der Waals surface area contributed by atoms with Crippen LogP contribution in [0.25, 0.3) is 10.6 Å². The van der Waals surface area contributed by atoms with E-state index < -0.39 is 5.97 Å². The highest BCUT2D eigenvalue weighted by molar-refractivity contribution is 9.10. The van der Waals surface area contributed by atoms with Gasteiger partial charge in [-0.3, -0.25) is 0 Å². The monoisotopic (exact) mass is 367 g/mol. The maximum atomic E-state index is 11.4. The summed E-state index contributed by atoms with van der Waals surface area (Å²) in [4.78, 5) is 16.3. The fraction of sp³-hybridized carbons (Fsp3) is 0.286. The van der Waals surface area contributed by atoms with E-state index in [2.05, 4.69) is 20.9 Å². The number of halogens is 1. The van der Waals surface area contributed by atoms with Crippen molar-refractivity contribution < 1.29 is 19.4 Å². The third-order valence-corrected chi connectivity index (χ3v) is 5.18. The maximum absolute atomic E-state index is 11.4. The molecule has 0 spiro atoms.